The number of hydrogen-bond donors (Lipinski definition) is 5. The second-order valence-corrected chi connectivity index (χ2v) is 24.0. The minimum Gasteiger partial charge on any atom is -0.420 e. The number of thiazole rings is 1. The van der Waals surface area contributed by atoms with Crippen LogP contribution in [0.4, 0.5) is 42.7 Å². The summed E-state index contributed by atoms with van der Waals surface area (Å²) in [6, 6.07) is 16.1. The number of amides is 4. The number of aryl methyl sites for hydroxylation is 2. The van der Waals surface area contributed by atoms with Crippen LogP contribution in [0, 0.1) is 19.8 Å². The molecule has 6 heterocycles. The zero-order chi connectivity index (χ0) is 69.2. The van der Waals surface area contributed by atoms with E-state index in [0.717, 1.165) is 11.4 Å². The van der Waals surface area contributed by atoms with Crippen LogP contribution in [0.3, 0.4) is 0 Å². The Kier molecular flexibility index (Phi) is 32.7. The molecule has 4 amide bonds. The number of aromatic amines is 1. The third-order valence-corrected chi connectivity index (χ3v) is 16.3. The summed E-state index contributed by atoms with van der Waals surface area (Å²) >= 11 is 12.3. The number of nitrogens with zero attached hydrogens (tertiary/aromatic N) is 8. The van der Waals surface area contributed by atoms with Gasteiger partial charge in [-0.25, -0.2) is 19.9 Å². The van der Waals surface area contributed by atoms with E-state index in [-0.39, 0.29) is 41.4 Å². The van der Waals surface area contributed by atoms with Crippen molar-refractivity contribution < 1.29 is 80.1 Å². The quantitative estimate of drug-likeness (QED) is 0.0181. The van der Waals surface area contributed by atoms with Crippen molar-refractivity contribution in [3.05, 3.63) is 106 Å². The molecule has 534 valence electrons. The molecule has 2 aliphatic heterocycles. The van der Waals surface area contributed by atoms with E-state index in [1.54, 1.807) is 24.4 Å². The molecule has 0 unspecified atom stereocenters. The number of benzene rings is 2. The van der Waals surface area contributed by atoms with Crippen LogP contribution >= 0.6 is 34.5 Å². The summed E-state index contributed by atoms with van der Waals surface area (Å²) in [4.78, 5) is 76.7. The molecule has 2 aromatic carbocycles. The van der Waals surface area contributed by atoms with Crippen molar-refractivity contribution in [1.82, 2.24) is 40.3 Å². The van der Waals surface area contributed by atoms with E-state index in [1.807, 2.05) is 36.9 Å². The Morgan fingerprint density at radius 2 is 1.21 bits per heavy atom. The van der Waals surface area contributed by atoms with Crippen molar-refractivity contribution >= 4 is 92.1 Å². The molecule has 2 fully saturated rings. The molecule has 4 aromatic heterocycles. The summed E-state index contributed by atoms with van der Waals surface area (Å²) in [5.74, 6) is 1.37. The molecule has 0 radical (unpaired) electrons. The van der Waals surface area contributed by atoms with Crippen LogP contribution < -0.4 is 35.8 Å². The molecule has 98 heavy (non-hydrogen) atoms. The Bertz CT molecular complexity index is 3350. The van der Waals surface area contributed by atoms with Gasteiger partial charge < -0.3 is 88.1 Å². The number of halogens is 4. The zero-order valence-corrected chi connectivity index (χ0v) is 57.2. The third-order valence-electron chi connectivity index (χ3n) is 15.0. The van der Waals surface area contributed by atoms with Gasteiger partial charge in [0.15, 0.2) is 5.13 Å². The first kappa shape index (κ1) is 76.4. The number of alkyl halides is 3. The fourth-order valence-electron chi connectivity index (χ4n) is 10.00. The topological polar surface area (TPSA) is 308 Å². The Morgan fingerprint density at radius 3 is 1.77 bits per heavy atom. The van der Waals surface area contributed by atoms with E-state index in [2.05, 4.69) is 65.9 Å². The number of carbonyl (C=O) groups is 4. The number of nitrogens with one attached hydrogen (secondary N) is 5. The molecule has 2 saturated heterocycles. The Balaban J connectivity index is 0.523. The molecular weight excluding hydrogens is 1340 g/mol. The summed E-state index contributed by atoms with van der Waals surface area (Å²) in [6.45, 7) is 15.7. The standard InChI is InChI=1S/C65H85Cl2F2N13O15S/c1-46-4-3-5-53(66)59(46)78-63(86)55-45-72-64(98-55)77-56-43-57(75-47(2)74-56)80-18-20-81(21-19-80)58(83)13-22-87-24-26-89-28-30-91-32-34-93-36-38-95-40-41-96-39-37-94-35-33-92-31-29-90-27-25-88-23-15-70-61(84)48-11-16-82(17-12-48)60-52(54-10-14-73-79-54)42-49(44-71-60)62(85)76-50-6-8-51(9-7-50)97-65(67,68)69/h3-10,14,42-45,48H,11-13,15-41H2,1-2H3,(H,70,84)(H,73,79)(H,76,85)(H,78,86)(H,72,74,75,77). The van der Waals surface area contributed by atoms with Crippen LogP contribution in [0.1, 0.15) is 50.7 Å². The van der Waals surface area contributed by atoms with Crippen LogP contribution in [-0.4, -0.2) is 242 Å². The average molecular weight is 1430 g/mol. The minimum absolute atomic E-state index is 0.0333. The second kappa shape index (κ2) is 41.9. The second-order valence-electron chi connectivity index (χ2n) is 22.1. The number of rotatable bonds is 45. The third kappa shape index (κ3) is 27.0. The highest BCUT2D eigenvalue weighted by Crippen LogP contribution is 2.33. The maximum atomic E-state index is 13.2. The highest BCUT2D eigenvalue weighted by Gasteiger charge is 2.30. The number of hydrogen-bond acceptors (Lipinski definition) is 24. The lowest BCUT2D eigenvalue weighted by Gasteiger charge is -2.35. The van der Waals surface area contributed by atoms with Gasteiger partial charge in [0.25, 0.3) is 11.8 Å². The van der Waals surface area contributed by atoms with Gasteiger partial charge in [-0.05, 0) is 74.7 Å². The summed E-state index contributed by atoms with van der Waals surface area (Å²) in [7, 11) is 0. The van der Waals surface area contributed by atoms with Gasteiger partial charge in [0.2, 0.25) is 11.8 Å². The minimum atomic E-state index is -3.86. The molecule has 8 rings (SSSR count). The normalized spacial score (nSPS) is 13.6. The van der Waals surface area contributed by atoms with Crippen molar-refractivity contribution in [3.63, 3.8) is 0 Å². The van der Waals surface area contributed by atoms with Gasteiger partial charge >= 0.3 is 5.57 Å². The Labute approximate surface area is 581 Å². The first-order chi connectivity index (χ1) is 47.7. The number of para-hydroxylation sites is 1. The summed E-state index contributed by atoms with van der Waals surface area (Å²) in [5, 5.41) is 19.7. The van der Waals surface area contributed by atoms with Gasteiger partial charge in [-0.1, -0.05) is 35.1 Å². The molecular formula is C65H85Cl2F2N13O15S. The van der Waals surface area contributed by atoms with Crippen molar-refractivity contribution in [3.8, 4) is 17.0 Å². The lowest BCUT2D eigenvalue weighted by molar-refractivity contribution is -0.132. The molecule has 0 spiro atoms. The molecule has 6 aromatic rings. The highest BCUT2D eigenvalue weighted by molar-refractivity contribution is 7.17. The first-order valence-electron chi connectivity index (χ1n) is 32.3. The number of aromatic nitrogens is 6. The lowest BCUT2D eigenvalue weighted by Crippen LogP contribution is -2.49. The molecule has 0 bridgehead atoms. The van der Waals surface area contributed by atoms with Gasteiger partial charge in [-0.2, -0.15) is 5.10 Å². The molecule has 0 aliphatic carbocycles. The maximum Gasteiger partial charge on any atom is 0.487 e. The van der Waals surface area contributed by atoms with Crippen LogP contribution in [-0.2, 0) is 57.0 Å². The first-order valence-corrected chi connectivity index (χ1v) is 33.9. The molecule has 2 aliphatic rings. The fourth-order valence-corrected chi connectivity index (χ4v) is 11.1. The number of piperazine rings is 1. The summed E-state index contributed by atoms with van der Waals surface area (Å²) in [5.41, 5.74) is -0.515. The molecule has 0 atom stereocenters. The van der Waals surface area contributed by atoms with Crippen molar-refractivity contribution in [2.45, 2.75) is 38.7 Å². The largest absolute Gasteiger partial charge is 0.487 e. The number of H-pyrrole nitrogens is 1. The highest BCUT2D eigenvalue weighted by atomic mass is 35.5. The predicted octanol–water partition coefficient (Wildman–Crippen LogP) is 7.64. The van der Waals surface area contributed by atoms with Gasteiger partial charge in [0, 0.05) is 93.0 Å². The Morgan fingerprint density at radius 1 is 0.643 bits per heavy atom. The van der Waals surface area contributed by atoms with Crippen LogP contribution in [0.15, 0.2) is 79.3 Å². The van der Waals surface area contributed by atoms with E-state index in [0.29, 0.717) is 246 Å². The smallest absolute Gasteiger partial charge is 0.420 e. The van der Waals surface area contributed by atoms with E-state index < -0.39 is 11.5 Å². The zero-order valence-electron chi connectivity index (χ0n) is 54.9. The number of piperidine rings is 1. The van der Waals surface area contributed by atoms with E-state index >= 15 is 0 Å². The number of anilines is 6. The van der Waals surface area contributed by atoms with Crippen molar-refractivity contribution in [1.29, 1.82) is 0 Å². The van der Waals surface area contributed by atoms with Crippen molar-refractivity contribution in [2.75, 3.05) is 204 Å². The van der Waals surface area contributed by atoms with Crippen LogP contribution in [0.2, 0.25) is 5.02 Å². The predicted molar refractivity (Wildman–Crippen MR) is 363 cm³/mol. The molecule has 33 heteroatoms. The number of carbonyl (C=O) groups excluding carboxylic acids is 4. The van der Waals surface area contributed by atoms with Crippen molar-refractivity contribution in [2.24, 2.45) is 5.92 Å². The monoisotopic (exact) mass is 1430 g/mol. The summed E-state index contributed by atoms with van der Waals surface area (Å²) in [6.07, 6.45) is 6.05. The average Bonchev–Trinajstić information content (AvgIpc) is 1.39. The fraction of sp³-hybridized carbons (Fsp3) is 0.523. The molecule has 0 saturated carbocycles. The van der Waals surface area contributed by atoms with Crippen LogP contribution in [0.5, 0.6) is 5.75 Å². The van der Waals surface area contributed by atoms with E-state index in [4.69, 9.17) is 70.6 Å². The van der Waals surface area contributed by atoms with E-state index in [9.17, 15) is 28.0 Å². The lowest BCUT2D eigenvalue weighted by atomic mass is 9.95. The van der Waals surface area contributed by atoms with Gasteiger partial charge in [-0.15, -0.1) is 8.78 Å². The van der Waals surface area contributed by atoms with Gasteiger partial charge in [-0.3, -0.25) is 24.3 Å². The van der Waals surface area contributed by atoms with Gasteiger partial charge in [0.05, 0.1) is 167 Å². The number of ether oxygens (including phenoxy) is 11. The van der Waals surface area contributed by atoms with Gasteiger partial charge in [0.1, 0.15) is 33.9 Å². The molecule has 5 N–H and O–H groups in total. The summed E-state index contributed by atoms with van der Waals surface area (Å²) < 4.78 is 86.1. The van der Waals surface area contributed by atoms with Crippen LogP contribution in [0.25, 0.3) is 11.3 Å². The number of pyridine rings is 1. The SMILES string of the molecule is Cc1nc(Nc2ncc(C(=O)Nc3c(C)cccc3Cl)s2)cc(N2CCN(C(=O)CCOCCOCCOCCOCCOCCOCCOCCOCCOCCOCCNC(=O)C3CCN(c4ncc(C(=O)Nc5ccc(OC(F)(F)Cl)cc5)cc4-c4ccn[nH]4)CC3)CC2)n1. The Hall–Kier alpha value is -7.37. The maximum absolute atomic E-state index is 13.2. The molecule has 28 nitrogen and oxygen atoms in total. The van der Waals surface area contributed by atoms with E-state index in [1.165, 1.54) is 48.0 Å².